The van der Waals surface area contributed by atoms with Crippen LogP contribution in [0.4, 0.5) is 0 Å². The molecule has 47 heavy (non-hydrogen) atoms. The molecule has 1 unspecified atom stereocenters. The number of para-hydroxylation sites is 2. The minimum atomic E-state index is -0.646. The molecule has 1 atom stereocenters. The minimum absolute atomic E-state index is 0.646. The highest BCUT2D eigenvalue weighted by molar-refractivity contribution is 6.14. The molecule has 216 valence electrons. The van der Waals surface area contributed by atoms with Crippen LogP contribution in [-0.2, 0) is 5.66 Å². The molecule has 0 amide bonds. The maximum atomic E-state index is 2.57. The summed E-state index contributed by atoms with van der Waals surface area (Å²) in [6, 6.07) is 42.5. The number of fused-ring (bicyclic) bond motifs is 11. The van der Waals surface area contributed by atoms with Crippen LogP contribution in [-0.4, -0.2) is 18.2 Å². The van der Waals surface area contributed by atoms with Crippen LogP contribution in [0.2, 0.25) is 0 Å². The van der Waals surface area contributed by atoms with E-state index in [1.807, 2.05) is 0 Å². The van der Waals surface area contributed by atoms with Crippen molar-refractivity contribution in [1.82, 2.24) is 18.2 Å². The van der Waals surface area contributed by atoms with E-state index < -0.39 is 5.66 Å². The third-order valence-corrected chi connectivity index (χ3v) is 11.1. The average Bonchev–Trinajstić information content (AvgIpc) is 3.93. The van der Waals surface area contributed by atoms with E-state index in [-0.39, 0.29) is 0 Å². The van der Waals surface area contributed by atoms with Crippen LogP contribution in [0.1, 0.15) is 11.1 Å². The average molecular weight is 601 g/mol. The molecule has 0 radical (unpaired) electrons. The van der Waals surface area contributed by atoms with Crippen LogP contribution in [0.15, 0.2) is 146 Å². The quantitative estimate of drug-likeness (QED) is 0.176. The first kappa shape index (κ1) is 23.0. The Kier molecular flexibility index (Phi) is 3.60. The van der Waals surface area contributed by atoms with Crippen molar-refractivity contribution in [2.45, 2.75) is 5.66 Å². The van der Waals surface area contributed by atoms with Crippen LogP contribution >= 0.6 is 0 Å². The molecule has 6 aromatic heterocycles. The van der Waals surface area contributed by atoms with Crippen LogP contribution < -0.4 is 9.25 Å². The fourth-order valence-corrected chi connectivity index (χ4v) is 9.47. The van der Waals surface area contributed by atoms with Crippen molar-refractivity contribution in [3.63, 3.8) is 0 Å². The Hall–Kier alpha value is -6.40. The maximum absolute atomic E-state index is 2.57. The lowest BCUT2D eigenvalue weighted by atomic mass is 9.83. The summed E-state index contributed by atoms with van der Waals surface area (Å²) in [6.45, 7) is 0. The van der Waals surface area contributed by atoms with Gasteiger partial charge in [0, 0.05) is 39.6 Å². The van der Waals surface area contributed by atoms with Gasteiger partial charge in [-0.25, -0.2) is 0 Å². The number of aromatic nitrogens is 6. The molecule has 3 aliphatic heterocycles. The lowest BCUT2D eigenvalue weighted by Gasteiger charge is -2.32. The Morgan fingerprint density at radius 3 is 2.21 bits per heavy atom. The van der Waals surface area contributed by atoms with Crippen molar-refractivity contribution >= 4 is 49.3 Å². The summed E-state index contributed by atoms with van der Waals surface area (Å²) in [4.78, 5) is 0. The summed E-state index contributed by atoms with van der Waals surface area (Å²) in [5, 5.41) is 5.10. The Morgan fingerprint density at radius 1 is 0.553 bits per heavy atom. The van der Waals surface area contributed by atoms with Crippen LogP contribution in [0.25, 0.3) is 77.4 Å². The second-order valence-electron chi connectivity index (χ2n) is 13.2. The molecule has 6 nitrogen and oxygen atoms in total. The zero-order valence-electron chi connectivity index (χ0n) is 25.0. The smallest absolute Gasteiger partial charge is 0.323 e. The van der Waals surface area contributed by atoms with Gasteiger partial charge in [-0.3, -0.25) is 0 Å². The first-order chi connectivity index (χ1) is 23.3. The summed E-state index contributed by atoms with van der Waals surface area (Å²) < 4.78 is 14.7. The van der Waals surface area contributed by atoms with E-state index in [4.69, 9.17) is 0 Å². The number of hydrogen-bond donors (Lipinski definition) is 0. The van der Waals surface area contributed by atoms with E-state index in [2.05, 4.69) is 174 Å². The summed E-state index contributed by atoms with van der Waals surface area (Å²) >= 11 is 0. The summed E-state index contributed by atoms with van der Waals surface area (Å²) in [5.74, 6) is 0. The highest BCUT2D eigenvalue weighted by atomic mass is 15.5. The Balaban J connectivity index is 1.29. The van der Waals surface area contributed by atoms with Crippen molar-refractivity contribution in [2.24, 2.45) is 0 Å². The van der Waals surface area contributed by atoms with Gasteiger partial charge in [-0.05, 0) is 72.8 Å². The maximum Gasteiger partial charge on any atom is 0.394 e. The number of hydrogen-bond acceptors (Lipinski definition) is 0. The zero-order chi connectivity index (χ0) is 30.2. The molecule has 10 aromatic rings. The molecular weight excluding hydrogens is 576 g/mol. The molecule has 6 heteroatoms. The molecule has 0 N–H and O–H groups in total. The zero-order valence-corrected chi connectivity index (χ0v) is 25.0. The molecule has 1 spiro atoms. The fourth-order valence-electron chi connectivity index (χ4n) is 9.47. The first-order valence-corrected chi connectivity index (χ1v) is 16.2. The van der Waals surface area contributed by atoms with Crippen LogP contribution in [0, 0.1) is 0 Å². The van der Waals surface area contributed by atoms with Gasteiger partial charge in [-0.1, -0.05) is 47.1 Å². The van der Waals surface area contributed by atoms with Gasteiger partial charge in [0.15, 0.2) is 5.69 Å². The molecular formula is C41H24N6+2. The van der Waals surface area contributed by atoms with Gasteiger partial charge in [-0.2, -0.15) is 9.13 Å². The van der Waals surface area contributed by atoms with Gasteiger partial charge in [0.2, 0.25) is 6.20 Å². The van der Waals surface area contributed by atoms with Gasteiger partial charge in [0.1, 0.15) is 22.3 Å². The summed E-state index contributed by atoms with van der Waals surface area (Å²) in [6.07, 6.45) is 11.4. The van der Waals surface area contributed by atoms with E-state index in [1.165, 1.54) is 88.6 Å². The topological polar surface area (TPSA) is 27.0 Å². The minimum Gasteiger partial charge on any atom is -0.323 e. The molecule has 0 bridgehead atoms. The van der Waals surface area contributed by atoms with Gasteiger partial charge >= 0.3 is 11.3 Å². The van der Waals surface area contributed by atoms with Crippen molar-refractivity contribution in [1.29, 1.82) is 0 Å². The van der Waals surface area contributed by atoms with Crippen LogP contribution in [0.5, 0.6) is 0 Å². The van der Waals surface area contributed by atoms with Crippen molar-refractivity contribution in [2.75, 3.05) is 0 Å². The summed E-state index contributed by atoms with van der Waals surface area (Å²) in [5.41, 5.74) is 14.2. The fraction of sp³-hybridized carbons (Fsp3) is 0.0244. The standard InChI is InChI=1S/C41H24N6/c1-3-13-32-28(10-1)30-17-18-36-38-39(30)46(32)35-16-7-15-34-37(35)41(38,43-20-8-12-31-29-11-2-4-14-33(29)47(36)40(31)43)45-24-26(23-44(34)45)25-21-27-9-5-6-19-42(27)22-25/h1-24H/q+2. The SMILES string of the molecule is c1cc2c3c(c1)-n1cc(-c4cc5ccccn5c4)c[n+]1C31c3c(ccc4c5ccccc5n-2c34)-n2c3ccccc3c3ccc[n+]1c32. The van der Waals surface area contributed by atoms with Crippen molar-refractivity contribution in [3.05, 3.63) is 157 Å². The number of pyridine rings is 2. The molecule has 0 saturated carbocycles. The Morgan fingerprint density at radius 2 is 1.32 bits per heavy atom. The van der Waals surface area contributed by atoms with Crippen LogP contribution in [0.3, 0.4) is 0 Å². The molecule has 13 rings (SSSR count). The Bertz CT molecular complexity index is 3060. The molecule has 4 aromatic carbocycles. The van der Waals surface area contributed by atoms with Gasteiger partial charge in [0.25, 0.3) is 0 Å². The number of benzene rings is 4. The van der Waals surface area contributed by atoms with Gasteiger partial charge in [0.05, 0.1) is 40.1 Å². The highest BCUT2D eigenvalue weighted by Crippen LogP contribution is 2.53. The molecule has 0 saturated heterocycles. The predicted molar refractivity (Wildman–Crippen MR) is 183 cm³/mol. The van der Waals surface area contributed by atoms with E-state index in [0.717, 1.165) is 0 Å². The van der Waals surface area contributed by atoms with Crippen molar-refractivity contribution < 1.29 is 9.25 Å². The van der Waals surface area contributed by atoms with E-state index in [1.54, 1.807) is 0 Å². The predicted octanol–water partition coefficient (Wildman–Crippen LogP) is 7.40. The normalized spacial score (nSPS) is 16.6. The van der Waals surface area contributed by atoms with Gasteiger partial charge in [-0.15, -0.1) is 4.68 Å². The monoisotopic (exact) mass is 600 g/mol. The van der Waals surface area contributed by atoms with E-state index in [0.29, 0.717) is 0 Å². The van der Waals surface area contributed by atoms with E-state index in [9.17, 15) is 0 Å². The van der Waals surface area contributed by atoms with E-state index >= 15 is 0 Å². The summed E-state index contributed by atoms with van der Waals surface area (Å²) in [7, 11) is 0. The molecule has 3 aliphatic rings. The highest BCUT2D eigenvalue weighted by Gasteiger charge is 2.68. The van der Waals surface area contributed by atoms with Crippen molar-refractivity contribution in [3.8, 4) is 28.2 Å². The third kappa shape index (κ3) is 2.31. The number of nitrogens with zero attached hydrogens (tertiary/aromatic N) is 6. The third-order valence-electron chi connectivity index (χ3n) is 11.1. The molecule has 9 heterocycles. The lowest BCUT2D eigenvalue weighted by molar-refractivity contribution is -0.987. The molecule has 0 fully saturated rings. The second-order valence-corrected chi connectivity index (χ2v) is 13.2. The lowest BCUT2D eigenvalue weighted by Crippen LogP contribution is -2.76. The largest absolute Gasteiger partial charge is 0.394 e. The number of rotatable bonds is 1. The first-order valence-electron chi connectivity index (χ1n) is 16.2. The second kappa shape index (κ2) is 7.35. The van der Waals surface area contributed by atoms with Gasteiger partial charge < -0.3 is 8.97 Å². The molecule has 0 aliphatic carbocycles. The Labute approximate surface area is 267 Å².